The molecule has 0 spiro atoms. The van der Waals surface area contributed by atoms with Crippen LogP contribution >= 0.6 is 0 Å². The third-order valence-corrected chi connectivity index (χ3v) is 4.13. The number of hydrogen-bond donors (Lipinski definition) is 1. The van der Waals surface area contributed by atoms with E-state index in [9.17, 15) is 0 Å². The summed E-state index contributed by atoms with van der Waals surface area (Å²) >= 11 is 0. The van der Waals surface area contributed by atoms with Crippen LogP contribution < -0.4 is 5.32 Å². The van der Waals surface area contributed by atoms with Crippen LogP contribution in [0.5, 0.6) is 0 Å². The fourth-order valence-electron chi connectivity index (χ4n) is 3.01. The molecule has 94 valence electrons. The Morgan fingerprint density at radius 3 is 3.06 bits per heavy atom. The van der Waals surface area contributed by atoms with Crippen molar-refractivity contribution in [3.8, 4) is 0 Å². The third kappa shape index (κ3) is 2.13. The summed E-state index contributed by atoms with van der Waals surface area (Å²) in [5.74, 6) is 0.857. The smallest absolute Gasteiger partial charge is 0.0749 e. The van der Waals surface area contributed by atoms with Crippen molar-refractivity contribution in [2.75, 3.05) is 6.54 Å². The fourth-order valence-corrected chi connectivity index (χ4v) is 3.01. The van der Waals surface area contributed by atoms with Gasteiger partial charge in [0, 0.05) is 17.6 Å². The third-order valence-electron chi connectivity index (χ3n) is 4.13. The summed E-state index contributed by atoms with van der Waals surface area (Å²) in [6, 6.07) is 11.1. The molecule has 3 rings (SSSR count). The van der Waals surface area contributed by atoms with Gasteiger partial charge < -0.3 is 5.32 Å². The zero-order valence-electron chi connectivity index (χ0n) is 10.9. The first-order valence-electron chi connectivity index (χ1n) is 6.95. The Morgan fingerprint density at radius 2 is 2.17 bits per heavy atom. The van der Waals surface area contributed by atoms with Crippen molar-refractivity contribution < 1.29 is 0 Å². The lowest BCUT2D eigenvalue weighted by atomic mass is 9.86. The molecule has 2 heteroatoms. The number of hydrogen-bond acceptors (Lipinski definition) is 2. The molecular weight excluding hydrogens is 220 g/mol. The molecule has 2 atom stereocenters. The van der Waals surface area contributed by atoms with Gasteiger partial charge in [0.25, 0.3) is 0 Å². The predicted molar refractivity (Wildman–Crippen MR) is 75.5 cm³/mol. The van der Waals surface area contributed by atoms with Gasteiger partial charge in [0.1, 0.15) is 0 Å². The van der Waals surface area contributed by atoms with Crippen LogP contribution in [-0.4, -0.2) is 11.5 Å². The van der Waals surface area contributed by atoms with Crippen molar-refractivity contribution in [3.05, 3.63) is 42.1 Å². The Morgan fingerprint density at radius 1 is 1.28 bits per heavy atom. The maximum atomic E-state index is 4.57. The summed E-state index contributed by atoms with van der Waals surface area (Å²) in [5, 5.41) is 4.90. The van der Waals surface area contributed by atoms with Gasteiger partial charge in [-0.3, -0.25) is 4.98 Å². The molecule has 1 aliphatic heterocycles. The lowest BCUT2D eigenvalue weighted by Gasteiger charge is -2.30. The van der Waals surface area contributed by atoms with Gasteiger partial charge in [-0.15, -0.1) is 0 Å². The normalized spacial score (nSPS) is 24.3. The Kier molecular flexibility index (Phi) is 3.28. The maximum Gasteiger partial charge on any atom is 0.0749 e. The number of benzene rings is 1. The van der Waals surface area contributed by atoms with Crippen LogP contribution in [0.15, 0.2) is 36.5 Å². The predicted octanol–water partition coefficient (Wildman–Crippen LogP) is 3.69. The minimum atomic E-state index is 0.474. The number of rotatable bonds is 2. The van der Waals surface area contributed by atoms with Crippen LogP contribution in [-0.2, 0) is 0 Å². The molecule has 2 unspecified atom stereocenters. The van der Waals surface area contributed by atoms with Crippen LogP contribution in [0.3, 0.4) is 0 Å². The first-order chi connectivity index (χ1) is 8.88. The number of piperidine rings is 1. The Hall–Kier alpha value is -1.41. The zero-order chi connectivity index (χ0) is 12.4. The standard InChI is InChI=1S/C16H20N2/c1-2-12-8-10-17-15(11-12)14-7-3-5-13-6-4-9-18-16(13)14/h3-7,9,12,15,17H,2,8,10-11H2,1H3. The monoisotopic (exact) mass is 240 g/mol. The van der Waals surface area contributed by atoms with Crippen molar-refractivity contribution >= 4 is 10.9 Å². The van der Waals surface area contributed by atoms with Gasteiger partial charge in [-0.1, -0.05) is 37.6 Å². The van der Waals surface area contributed by atoms with Crippen molar-refractivity contribution in [3.63, 3.8) is 0 Å². The van der Waals surface area contributed by atoms with Crippen LogP contribution in [0.4, 0.5) is 0 Å². The first-order valence-corrected chi connectivity index (χ1v) is 6.95. The number of para-hydroxylation sites is 1. The van der Waals surface area contributed by atoms with E-state index in [0.717, 1.165) is 18.0 Å². The quantitative estimate of drug-likeness (QED) is 0.866. The highest BCUT2D eigenvalue weighted by atomic mass is 14.9. The van der Waals surface area contributed by atoms with Crippen molar-refractivity contribution in [1.82, 2.24) is 10.3 Å². The lowest BCUT2D eigenvalue weighted by molar-refractivity contribution is 0.300. The van der Waals surface area contributed by atoms with Gasteiger partial charge in [-0.2, -0.15) is 0 Å². The molecular formula is C16H20N2. The summed E-state index contributed by atoms with van der Waals surface area (Å²) < 4.78 is 0. The van der Waals surface area contributed by atoms with Crippen LogP contribution in [0.1, 0.15) is 37.8 Å². The van der Waals surface area contributed by atoms with Crippen LogP contribution in [0.25, 0.3) is 10.9 Å². The topological polar surface area (TPSA) is 24.9 Å². The maximum absolute atomic E-state index is 4.57. The molecule has 0 aliphatic carbocycles. The zero-order valence-corrected chi connectivity index (χ0v) is 10.9. The second kappa shape index (κ2) is 5.07. The molecule has 1 aromatic carbocycles. The van der Waals surface area contributed by atoms with Gasteiger partial charge in [0.05, 0.1) is 5.52 Å². The summed E-state index contributed by atoms with van der Waals surface area (Å²) in [4.78, 5) is 4.57. The summed E-state index contributed by atoms with van der Waals surface area (Å²) in [6.07, 6.45) is 5.74. The summed E-state index contributed by atoms with van der Waals surface area (Å²) in [7, 11) is 0. The van der Waals surface area contributed by atoms with Gasteiger partial charge in [-0.25, -0.2) is 0 Å². The molecule has 1 aliphatic rings. The fraction of sp³-hybridized carbons (Fsp3) is 0.438. The molecule has 1 fully saturated rings. The molecule has 1 aromatic heterocycles. The molecule has 18 heavy (non-hydrogen) atoms. The molecule has 1 saturated heterocycles. The Labute approximate surface area is 108 Å². The van der Waals surface area contributed by atoms with Gasteiger partial charge in [-0.05, 0) is 36.9 Å². The highest BCUT2D eigenvalue weighted by Crippen LogP contribution is 2.32. The molecule has 0 radical (unpaired) electrons. The lowest BCUT2D eigenvalue weighted by Crippen LogP contribution is -2.31. The highest BCUT2D eigenvalue weighted by molar-refractivity contribution is 5.82. The number of aromatic nitrogens is 1. The second-order valence-corrected chi connectivity index (χ2v) is 5.23. The molecule has 0 amide bonds. The van der Waals surface area contributed by atoms with Gasteiger partial charge >= 0.3 is 0 Å². The van der Waals surface area contributed by atoms with E-state index < -0.39 is 0 Å². The number of pyridine rings is 1. The molecule has 2 nitrogen and oxygen atoms in total. The largest absolute Gasteiger partial charge is 0.310 e. The van der Waals surface area contributed by atoms with E-state index in [0.29, 0.717) is 6.04 Å². The molecule has 2 heterocycles. The molecule has 1 N–H and O–H groups in total. The van der Waals surface area contributed by atoms with Crippen LogP contribution in [0.2, 0.25) is 0 Å². The van der Waals surface area contributed by atoms with Gasteiger partial charge in [0.15, 0.2) is 0 Å². The SMILES string of the molecule is CCC1CCNC(c2cccc3cccnc23)C1. The van der Waals surface area contributed by atoms with E-state index >= 15 is 0 Å². The average molecular weight is 240 g/mol. The van der Waals surface area contributed by atoms with E-state index in [4.69, 9.17) is 0 Å². The molecule has 0 bridgehead atoms. The van der Waals surface area contributed by atoms with Crippen molar-refractivity contribution in [1.29, 1.82) is 0 Å². The summed E-state index contributed by atoms with van der Waals surface area (Å²) in [6.45, 7) is 3.43. The van der Waals surface area contributed by atoms with E-state index in [1.807, 2.05) is 12.3 Å². The Balaban J connectivity index is 1.98. The van der Waals surface area contributed by atoms with Crippen molar-refractivity contribution in [2.45, 2.75) is 32.2 Å². The number of nitrogens with one attached hydrogen (secondary N) is 1. The van der Waals surface area contributed by atoms with E-state index in [1.165, 1.54) is 30.2 Å². The minimum Gasteiger partial charge on any atom is -0.310 e. The minimum absolute atomic E-state index is 0.474. The van der Waals surface area contributed by atoms with Crippen molar-refractivity contribution in [2.24, 2.45) is 5.92 Å². The van der Waals surface area contributed by atoms with Crippen LogP contribution in [0, 0.1) is 5.92 Å². The van der Waals surface area contributed by atoms with Gasteiger partial charge in [0.2, 0.25) is 0 Å². The first kappa shape index (κ1) is 11.7. The molecule has 0 saturated carbocycles. The average Bonchev–Trinajstić information content (AvgIpc) is 2.47. The van der Waals surface area contributed by atoms with E-state index in [1.54, 1.807) is 0 Å². The molecule has 2 aromatic rings. The Bertz CT molecular complexity index is 530. The van der Waals surface area contributed by atoms with E-state index in [2.05, 4.69) is 41.5 Å². The highest BCUT2D eigenvalue weighted by Gasteiger charge is 2.22. The summed E-state index contributed by atoms with van der Waals surface area (Å²) in [5.41, 5.74) is 2.53. The number of nitrogens with zero attached hydrogens (tertiary/aromatic N) is 1. The number of fused-ring (bicyclic) bond motifs is 1. The van der Waals surface area contributed by atoms with E-state index in [-0.39, 0.29) is 0 Å². The second-order valence-electron chi connectivity index (χ2n) is 5.23.